The van der Waals surface area contributed by atoms with E-state index in [2.05, 4.69) is 66.5 Å². The Balaban J connectivity index is 1.61. The topological polar surface area (TPSA) is 46.9 Å². The molecule has 0 radical (unpaired) electrons. The molecule has 1 fully saturated rings. The van der Waals surface area contributed by atoms with Gasteiger partial charge in [-0.1, -0.05) is 19.6 Å². The Kier molecular flexibility index (Phi) is 7.06. The number of ether oxygens (including phenoxy) is 2. The molecular weight excluding hydrogens is 406 g/mol. The van der Waals surface area contributed by atoms with Crippen molar-refractivity contribution in [2.45, 2.75) is 71.8 Å². The molecule has 0 aliphatic carbocycles. The van der Waals surface area contributed by atoms with Gasteiger partial charge in [0.15, 0.2) is 0 Å². The molecule has 1 amide bonds. The molecule has 172 valence electrons. The standard InChI is InChI=1S/C24H39N3O3Si/c1-19-17-25(12-13-27(19)23(28)30-24(2,3)4)21-8-9-22-20(16-21)10-11-26(22)18-29-14-15-31(5,6)7/h8-11,16,19H,12-15,17-18H2,1-7H3/t19-/m1/s1. The van der Waals surface area contributed by atoms with Gasteiger partial charge in [-0.25, -0.2) is 4.79 Å². The normalized spacial score (nSPS) is 18.0. The van der Waals surface area contributed by atoms with Crippen molar-refractivity contribution in [2.24, 2.45) is 0 Å². The summed E-state index contributed by atoms with van der Waals surface area (Å²) in [6.07, 6.45) is 1.88. The summed E-state index contributed by atoms with van der Waals surface area (Å²) < 4.78 is 13.7. The zero-order chi connectivity index (χ0) is 22.8. The SMILES string of the molecule is C[C@@H]1CN(c2ccc3c(ccn3COCC[Si](C)(C)C)c2)CCN1C(=O)OC(C)(C)C. The largest absolute Gasteiger partial charge is 0.444 e. The first kappa shape index (κ1) is 23.7. The summed E-state index contributed by atoms with van der Waals surface area (Å²) in [4.78, 5) is 16.7. The Bertz CT molecular complexity index is 898. The van der Waals surface area contributed by atoms with Crippen LogP contribution in [-0.2, 0) is 16.2 Å². The van der Waals surface area contributed by atoms with Gasteiger partial charge in [-0.2, -0.15) is 0 Å². The number of fused-ring (bicyclic) bond motifs is 1. The fourth-order valence-corrected chi connectivity index (χ4v) is 4.58. The van der Waals surface area contributed by atoms with Gasteiger partial charge in [0.05, 0.1) is 5.52 Å². The van der Waals surface area contributed by atoms with E-state index in [0.29, 0.717) is 13.3 Å². The van der Waals surface area contributed by atoms with Crippen LogP contribution in [0.1, 0.15) is 27.7 Å². The zero-order valence-electron chi connectivity index (χ0n) is 20.3. The smallest absolute Gasteiger partial charge is 0.410 e. The Morgan fingerprint density at radius 2 is 1.90 bits per heavy atom. The lowest BCUT2D eigenvalue weighted by molar-refractivity contribution is 0.0159. The molecule has 1 aromatic heterocycles. The van der Waals surface area contributed by atoms with Crippen LogP contribution in [0, 0.1) is 0 Å². The van der Waals surface area contributed by atoms with Gasteiger partial charge in [-0.05, 0) is 58.0 Å². The van der Waals surface area contributed by atoms with Crippen molar-refractivity contribution in [1.82, 2.24) is 9.47 Å². The highest BCUT2D eigenvalue weighted by molar-refractivity contribution is 6.76. The molecule has 6 nitrogen and oxygen atoms in total. The molecule has 1 aliphatic heterocycles. The van der Waals surface area contributed by atoms with E-state index in [1.807, 2.05) is 25.7 Å². The molecule has 1 aromatic carbocycles. The molecule has 0 saturated carbocycles. The van der Waals surface area contributed by atoms with Gasteiger partial charge in [0, 0.05) is 57.6 Å². The van der Waals surface area contributed by atoms with Gasteiger partial charge in [0.2, 0.25) is 0 Å². The number of carbonyl (C=O) groups is 1. The van der Waals surface area contributed by atoms with E-state index in [0.717, 1.165) is 19.7 Å². The van der Waals surface area contributed by atoms with Gasteiger partial charge >= 0.3 is 6.09 Å². The number of aromatic nitrogens is 1. The molecule has 0 unspecified atom stereocenters. The van der Waals surface area contributed by atoms with Crippen LogP contribution in [0.15, 0.2) is 30.5 Å². The van der Waals surface area contributed by atoms with Crippen molar-refractivity contribution >= 4 is 30.8 Å². The van der Waals surface area contributed by atoms with Crippen LogP contribution < -0.4 is 4.90 Å². The van der Waals surface area contributed by atoms with Gasteiger partial charge < -0.3 is 23.8 Å². The fourth-order valence-electron chi connectivity index (χ4n) is 3.82. The van der Waals surface area contributed by atoms with Crippen LogP contribution >= 0.6 is 0 Å². The first-order chi connectivity index (χ1) is 14.4. The highest BCUT2D eigenvalue weighted by Gasteiger charge is 2.31. The maximum atomic E-state index is 12.5. The third kappa shape index (κ3) is 6.49. The van der Waals surface area contributed by atoms with Crippen LogP contribution in [0.3, 0.4) is 0 Å². The number of nitrogens with zero attached hydrogens (tertiary/aromatic N) is 3. The van der Waals surface area contributed by atoms with Gasteiger partial charge in [0.1, 0.15) is 12.3 Å². The van der Waals surface area contributed by atoms with Gasteiger partial charge in [-0.15, -0.1) is 0 Å². The average Bonchev–Trinajstić information content (AvgIpc) is 3.05. The monoisotopic (exact) mass is 445 g/mol. The quantitative estimate of drug-likeness (QED) is 0.441. The van der Waals surface area contributed by atoms with Crippen molar-refractivity contribution in [3.05, 3.63) is 30.5 Å². The van der Waals surface area contributed by atoms with Gasteiger partial charge in [0.25, 0.3) is 0 Å². The predicted molar refractivity (Wildman–Crippen MR) is 131 cm³/mol. The lowest BCUT2D eigenvalue weighted by Crippen LogP contribution is -2.55. The highest BCUT2D eigenvalue weighted by atomic mass is 28.3. The molecule has 7 heteroatoms. The van der Waals surface area contributed by atoms with Crippen molar-refractivity contribution in [2.75, 3.05) is 31.1 Å². The molecule has 0 N–H and O–H groups in total. The molecular formula is C24H39N3O3Si. The first-order valence-corrected chi connectivity index (χ1v) is 15.0. The molecule has 2 aromatic rings. The van der Waals surface area contributed by atoms with Crippen molar-refractivity contribution in [1.29, 1.82) is 0 Å². The fraction of sp³-hybridized carbons (Fsp3) is 0.625. The number of anilines is 1. The Hall–Kier alpha value is -1.99. The third-order valence-corrected chi connectivity index (χ3v) is 7.31. The number of hydrogen-bond acceptors (Lipinski definition) is 4. The summed E-state index contributed by atoms with van der Waals surface area (Å²) in [7, 11) is -1.06. The highest BCUT2D eigenvalue weighted by Crippen LogP contribution is 2.26. The Labute approximate surface area is 188 Å². The molecule has 1 aliphatic rings. The Morgan fingerprint density at radius 1 is 1.16 bits per heavy atom. The number of piperazine rings is 1. The number of hydrogen-bond donors (Lipinski definition) is 0. The molecule has 31 heavy (non-hydrogen) atoms. The van der Waals surface area contributed by atoms with E-state index in [1.165, 1.54) is 22.6 Å². The Morgan fingerprint density at radius 3 is 2.55 bits per heavy atom. The molecule has 0 bridgehead atoms. The second-order valence-electron chi connectivity index (χ2n) is 10.8. The zero-order valence-corrected chi connectivity index (χ0v) is 21.3. The predicted octanol–water partition coefficient (Wildman–Crippen LogP) is 5.40. The van der Waals surface area contributed by atoms with Crippen molar-refractivity contribution in [3.8, 4) is 0 Å². The van der Waals surface area contributed by atoms with E-state index >= 15 is 0 Å². The van der Waals surface area contributed by atoms with Crippen LogP contribution in [0.5, 0.6) is 0 Å². The summed E-state index contributed by atoms with van der Waals surface area (Å²) in [5, 5.41) is 1.22. The van der Waals surface area contributed by atoms with E-state index in [1.54, 1.807) is 0 Å². The summed E-state index contributed by atoms with van der Waals surface area (Å²) in [5.74, 6) is 0. The maximum absolute atomic E-state index is 12.5. The van der Waals surface area contributed by atoms with Crippen LogP contribution in [0.2, 0.25) is 25.7 Å². The maximum Gasteiger partial charge on any atom is 0.410 e. The van der Waals surface area contributed by atoms with Gasteiger partial charge in [-0.3, -0.25) is 0 Å². The summed E-state index contributed by atoms with van der Waals surface area (Å²) in [5.41, 5.74) is 1.92. The third-order valence-electron chi connectivity index (χ3n) is 5.60. The first-order valence-electron chi connectivity index (χ1n) is 11.3. The minimum absolute atomic E-state index is 0.101. The molecule has 3 rings (SSSR count). The minimum atomic E-state index is -1.06. The molecule has 1 atom stereocenters. The molecule has 2 heterocycles. The second-order valence-corrected chi connectivity index (χ2v) is 16.5. The second kappa shape index (κ2) is 9.24. The van der Waals surface area contributed by atoms with E-state index < -0.39 is 13.7 Å². The van der Waals surface area contributed by atoms with Crippen molar-refractivity contribution < 1.29 is 14.3 Å². The van der Waals surface area contributed by atoms with E-state index in [4.69, 9.17) is 9.47 Å². The summed E-state index contributed by atoms with van der Waals surface area (Å²) in [6.45, 7) is 18.6. The van der Waals surface area contributed by atoms with Crippen molar-refractivity contribution in [3.63, 3.8) is 0 Å². The molecule has 1 saturated heterocycles. The molecule has 0 spiro atoms. The minimum Gasteiger partial charge on any atom is -0.444 e. The number of benzene rings is 1. The van der Waals surface area contributed by atoms with E-state index in [-0.39, 0.29) is 12.1 Å². The van der Waals surface area contributed by atoms with E-state index in [9.17, 15) is 4.79 Å². The lowest BCUT2D eigenvalue weighted by Gasteiger charge is -2.41. The average molecular weight is 446 g/mol. The summed E-state index contributed by atoms with van der Waals surface area (Å²) >= 11 is 0. The lowest BCUT2D eigenvalue weighted by atomic mass is 10.1. The summed E-state index contributed by atoms with van der Waals surface area (Å²) in [6, 6.07) is 10.0. The number of carbonyl (C=O) groups excluding carboxylic acids is 1. The van der Waals surface area contributed by atoms with Crippen LogP contribution in [0.25, 0.3) is 10.9 Å². The number of amides is 1. The van der Waals surface area contributed by atoms with Crippen LogP contribution in [-0.4, -0.2) is 61.5 Å². The van der Waals surface area contributed by atoms with Crippen LogP contribution in [0.4, 0.5) is 10.5 Å². The number of rotatable bonds is 6.